The second-order valence-electron chi connectivity index (χ2n) is 5.42. The molecule has 0 bridgehead atoms. The summed E-state index contributed by atoms with van der Waals surface area (Å²) in [5, 5.41) is 8.97. The standard InChI is InChI=1S/C17H21N5O3/c1-3-11-6-5-7-13(12(11)4-2)19-16(24)17(25)20-15-8-9-22(21-15)10-14(18)23/h5-9H,3-4,10H2,1-2H3,(H2,18,23)(H,19,24)(H,20,21,25). The first kappa shape index (κ1) is 18.2. The van der Waals surface area contributed by atoms with Gasteiger partial charge in [-0.15, -0.1) is 0 Å². The number of hydrogen-bond donors (Lipinski definition) is 3. The van der Waals surface area contributed by atoms with Crippen LogP contribution >= 0.6 is 0 Å². The van der Waals surface area contributed by atoms with Gasteiger partial charge in [0.25, 0.3) is 0 Å². The van der Waals surface area contributed by atoms with Gasteiger partial charge in [-0.3, -0.25) is 19.1 Å². The Balaban J connectivity index is 2.05. The van der Waals surface area contributed by atoms with Crippen molar-refractivity contribution in [3.05, 3.63) is 41.6 Å². The maximum Gasteiger partial charge on any atom is 0.315 e. The summed E-state index contributed by atoms with van der Waals surface area (Å²) in [7, 11) is 0. The average molecular weight is 343 g/mol. The maximum atomic E-state index is 12.1. The normalized spacial score (nSPS) is 10.3. The van der Waals surface area contributed by atoms with Crippen molar-refractivity contribution in [1.29, 1.82) is 0 Å². The number of amides is 3. The molecule has 1 aromatic carbocycles. The van der Waals surface area contributed by atoms with E-state index in [-0.39, 0.29) is 12.4 Å². The first-order valence-corrected chi connectivity index (χ1v) is 7.99. The van der Waals surface area contributed by atoms with Crippen LogP contribution in [0.15, 0.2) is 30.5 Å². The average Bonchev–Trinajstić information content (AvgIpc) is 3.00. The van der Waals surface area contributed by atoms with Crippen molar-refractivity contribution < 1.29 is 14.4 Å². The number of nitrogens with zero attached hydrogens (tertiary/aromatic N) is 2. The molecule has 0 aliphatic carbocycles. The van der Waals surface area contributed by atoms with Gasteiger partial charge in [0, 0.05) is 18.0 Å². The molecule has 0 radical (unpaired) electrons. The Labute approximate surface area is 145 Å². The molecule has 1 aromatic heterocycles. The van der Waals surface area contributed by atoms with Gasteiger partial charge in [-0.1, -0.05) is 26.0 Å². The van der Waals surface area contributed by atoms with E-state index in [2.05, 4.69) is 15.7 Å². The second kappa shape index (κ2) is 8.09. The topological polar surface area (TPSA) is 119 Å². The number of nitrogens with one attached hydrogen (secondary N) is 2. The number of aryl methyl sites for hydroxylation is 1. The molecular weight excluding hydrogens is 322 g/mol. The van der Waals surface area contributed by atoms with Crippen LogP contribution in [-0.2, 0) is 33.8 Å². The third kappa shape index (κ3) is 4.66. The summed E-state index contributed by atoms with van der Waals surface area (Å²) in [6.45, 7) is 3.93. The molecule has 0 aliphatic rings. The number of hydrogen-bond acceptors (Lipinski definition) is 4. The Morgan fingerprint density at radius 2 is 1.80 bits per heavy atom. The van der Waals surface area contributed by atoms with Gasteiger partial charge in [-0.2, -0.15) is 5.10 Å². The van der Waals surface area contributed by atoms with Gasteiger partial charge < -0.3 is 16.4 Å². The van der Waals surface area contributed by atoms with Crippen LogP contribution in [0, 0.1) is 0 Å². The fraction of sp³-hybridized carbons (Fsp3) is 0.294. The third-order valence-electron chi connectivity index (χ3n) is 3.66. The van der Waals surface area contributed by atoms with Gasteiger partial charge in [0.15, 0.2) is 5.82 Å². The number of rotatable bonds is 6. The molecule has 0 atom stereocenters. The number of primary amides is 1. The number of nitrogens with two attached hydrogens (primary N) is 1. The Bertz CT molecular complexity index is 797. The van der Waals surface area contributed by atoms with Crippen LogP contribution in [0.5, 0.6) is 0 Å². The molecule has 0 unspecified atom stereocenters. The first-order chi connectivity index (χ1) is 11.9. The quantitative estimate of drug-likeness (QED) is 0.680. The molecule has 8 heteroatoms. The lowest BCUT2D eigenvalue weighted by molar-refractivity contribution is -0.133. The molecule has 25 heavy (non-hydrogen) atoms. The van der Waals surface area contributed by atoms with Crippen molar-refractivity contribution >= 4 is 29.2 Å². The Hall–Kier alpha value is -3.16. The van der Waals surface area contributed by atoms with Crippen LogP contribution in [0.1, 0.15) is 25.0 Å². The van der Waals surface area contributed by atoms with Gasteiger partial charge in [0.2, 0.25) is 5.91 Å². The fourth-order valence-corrected chi connectivity index (χ4v) is 2.53. The maximum absolute atomic E-state index is 12.1. The van der Waals surface area contributed by atoms with Crippen LogP contribution in [-0.4, -0.2) is 27.5 Å². The molecule has 8 nitrogen and oxygen atoms in total. The zero-order chi connectivity index (χ0) is 18.4. The number of carbonyl (C=O) groups excluding carboxylic acids is 3. The molecular formula is C17H21N5O3. The molecule has 132 valence electrons. The van der Waals surface area contributed by atoms with Crippen molar-refractivity contribution in [2.75, 3.05) is 10.6 Å². The molecule has 1 heterocycles. The number of carbonyl (C=O) groups is 3. The predicted molar refractivity (Wildman–Crippen MR) is 93.9 cm³/mol. The van der Waals surface area contributed by atoms with Gasteiger partial charge in [-0.25, -0.2) is 0 Å². The second-order valence-corrected chi connectivity index (χ2v) is 5.42. The third-order valence-corrected chi connectivity index (χ3v) is 3.66. The molecule has 0 saturated heterocycles. The van der Waals surface area contributed by atoms with E-state index in [9.17, 15) is 14.4 Å². The Morgan fingerprint density at radius 3 is 2.44 bits per heavy atom. The van der Waals surface area contributed by atoms with Crippen LogP contribution in [0.4, 0.5) is 11.5 Å². The highest BCUT2D eigenvalue weighted by Crippen LogP contribution is 2.21. The van der Waals surface area contributed by atoms with Crippen molar-refractivity contribution in [3.63, 3.8) is 0 Å². The minimum atomic E-state index is -0.840. The summed E-state index contributed by atoms with van der Waals surface area (Å²) in [4.78, 5) is 35.0. The number of anilines is 2. The lowest BCUT2D eigenvalue weighted by atomic mass is 10.0. The van der Waals surface area contributed by atoms with E-state index in [0.29, 0.717) is 5.69 Å². The summed E-state index contributed by atoms with van der Waals surface area (Å²) in [6.07, 6.45) is 3.08. The molecule has 0 fully saturated rings. The first-order valence-electron chi connectivity index (χ1n) is 7.99. The molecule has 2 aromatic rings. The molecule has 4 N–H and O–H groups in total. The highest BCUT2D eigenvalue weighted by Gasteiger charge is 2.17. The molecule has 3 amide bonds. The van der Waals surface area contributed by atoms with E-state index in [1.807, 2.05) is 26.0 Å². The molecule has 0 aliphatic heterocycles. The predicted octanol–water partition coefficient (Wildman–Crippen LogP) is 1.07. The van der Waals surface area contributed by atoms with E-state index < -0.39 is 17.7 Å². The van der Waals surface area contributed by atoms with Crippen molar-refractivity contribution in [1.82, 2.24) is 9.78 Å². The minimum absolute atomic E-state index is 0.105. The molecule has 0 spiro atoms. The lowest BCUT2D eigenvalue weighted by Gasteiger charge is -2.13. The van der Waals surface area contributed by atoms with Gasteiger partial charge in [0.05, 0.1) is 0 Å². The number of aromatic nitrogens is 2. The van der Waals surface area contributed by atoms with Gasteiger partial charge in [-0.05, 0) is 30.0 Å². The Morgan fingerprint density at radius 1 is 1.08 bits per heavy atom. The Kier molecular flexibility index (Phi) is 5.89. The van der Waals surface area contributed by atoms with Crippen LogP contribution in [0.3, 0.4) is 0 Å². The minimum Gasteiger partial charge on any atom is -0.368 e. The van der Waals surface area contributed by atoms with E-state index in [1.165, 1.54) is 16.9 Å². The SMILES string of the molecule is CCc1cccc(NC(=O)C(=O)Nc2ccn(CC(N)=O)n2)c1CC. The highest BCUT2D eigenvalue weighted by molar-refractivity contribution is 6.43. The monoisotopic (exact) mass is 343 g/mol. The smallest absolute Gasteiger partial charge is 0.315 e. The summed E-state index contributed by atoms with van der Waals surface area (Å²) in [6, 6.07) is 7.09. The van der Waals surface area contributed by atoms with Crippen LogP contribution in [0.25, 0.3) is 0 Å². The van der Waals surface area contributed by atoms with E-state index in [1.54, 1.807) is 6.07 Å². The lowest BCUT2D eigenvalue weighted by Crippen LogP contribution is -2.30. The zero-order valence-corrected chi connectivity index (χ0v) is 14.2. The van der Waals surface area contributed by atoms with E-state index >= 15 is 0 Å². The van der Waals surface area contributed by atoms with Crippen LogP contribution in [0.2, 0.25) is 0 Å². The van der Waals surface area contributed by atoms with Crippen molar-refractivity contribution in [2.45, 2.75) is 33.2 Å². The van der Waals surface area contributed by atoms with E-state index in [0.717, 1.165) is 24.0 Å². The fourth-order valence-electron chi connectivity index (χ4n) is 2.53. The van der Waals surface area contributed by atoms with E-state index in [4.69, 9.17) is 5.73 Å². The summed E-state index contributed by atoms with van der Waals surface area (Å²) in [5.74, 6) is -2.01. The summed E-state index contributed by atoms with van der Waals surface area (Å²) in [5.41, 5.74) is 7.84. The van der Waals surface area contributed by atoms with Crippen LogP contribution < -0.4 is 16.4 Å². The molecule has 2 rings (SSSR count). The summed E-state index contributed by atoms with van der Waals surface area (Å²) >= 11 is 0. The number of benzene rings is 1. The van der Waals surface area contributed by atoms with Gasteiger partial charge in [0.1, 0.15) is 6.54 Å². The molecule has 0 saturated carbocycles. The largest absolute Gasteiger partial charge is 0.368 e. The van der Waals surface area contributed by atoms with Gasteiger partial charge >= 0.3 is 11.8 Å². The zero-order valence-electron chi connectivity index (χ0n) is 14.2. The highest BCUT2D eigenvalue weighted by atomic mass is 16.2. The van der Waals surface area contributed by atoms with Crippen molar-refractivity contribution in [2.24, 2.45) is 5.73 Å². The summed E-state index contributed by atoms with van der Waals surface area (Å²) < 4.78 is 1.27. The van der Waals surface area contributed by atoms with Crippen molar-refractivity contribution in [3.8, 4) is 0 Å².